The largest absolute Gasteiger partial charge is 0.310 e. The van der Waals surface area contributed by atoms with E-state index < -0.39 is 0 Å². The topological polar surface area (TPSA) is 14.8 Å². The van der Waals surface area contributed by atoms with Crippen LogP contribution in [0.5, 0.6) is 0 Å². The van der Waals surface area contributed by atoms with Crippen LogP contribution in [0, 0.1) is 0 Å². The Balaban J connectivity index is 1.04. The second kappa shape index (κ2) is 13.3. The van der Waals surface area contributed by atoms with Crippen molar-refractivity contribution in [3.63, 3.8) is 0 Å². The number of hydrogen-bond donors (Lipinski definition) is 0. The zero-order chi connectivity index (χ0) is 46.5. The van der Waals surface area contributed by atoms with E-state index in [-0.39, 0.29) is 6.71 Å². The molecule has 0 unspecified atom stereocenters. The molecule has 1 aliphatic carbocycles. The molecule has 0 amide bonds. The summed E-state index contributed by atoms with van der Waals surface area (Å²) >= 11 is 0. The maximum Gasteiger partial charge on any atom is 0.252 e. The third-order valence-corrected chi connectivity index (χ3v) is 16.9. The van der Waals surface area contributed by atoms with Gasteiger partial charge in [-0.05, 0) is 131 Å². The normalized spacial score (nSPS) is 13.0. The van der Waals surface area contributed by atoms with E-state index in [2.05, 4.69) is 244 Å². The number of fused-ring (bicyclic) bond motifs is 16. The van der Waals surface area contributed by atoms with Crippen LogP contribution < -0.4 is 16.4 Å². The summed E-state index contributed by atoms with van der Waals surface area (Å²) in [5.41, 5.74) is 25.2. The van der Waals surface area contributed by atoms with Gasteiger partial charge in [-0.2, -0.15) is 0 Å². The molecular weight excluding hydrogens is 870 g/mol. The number of benzene rings is 12. The lowest BCUT2D eigenvalue weighted by Crippen LogP contribution is -2.59. The van der Waals surface area contributed by atoms with Gasteiger partial charge in [0.2, 0.25) is 0 Å². The van der Waals surface area contributed by atoms with Gasteiger partial charge in [-0.3, -0.25) is 0 Å². The highest BCUT2D eigenvalue weighted by Crippen LogP contribution is 2.51. The van der Waals surface area contributed by atoms with Gasteiger partial charge in [-0.1, -0.05) is 182 Å². The Morgan fingerprint density at radius 1 is 0.278 bits per heavy atom. The quantitative estimate of drug-likeness (QED) is 0.157. The Labute approximate surface area is 413 Å². The van der Waals surface area contributed by atoms with Crippen LogP contribution in [-0.2, 0) is 0 Å². The fourth-order valence-electron chi connectivity index (χ4n) is 14.1. The summed E-state index contributed by atoms with van der Waals surface area (Å²) in [6.45, 7) is -0.00483. The second-order valence-corrected chi connectivity index (χ2v) is 20.3. The average molecular weight is 908 g/mol. The Morgan fingerprint density at radius 2 is 0.833 bits per heavy atom. The van der Waals surface area contributed by atoms with Crippen molar-refractivity contribution in [3.8, 4) is 61.6 Å². The van der Waals surface area contributed by atoms with Crippen LogP contribution in [0.4, 0.5) is 0 Å². The fraction of sp³-hybridized carbons (Fsp3) is 0. The summed E-state index contributed by atoms with van der Waals surface area (Å²) in [6.07, 6.45) is 0. The third-order valence-electron chi connectivity index (χ3n) is 16.9. The van der Waals surface area contributed by atoms with E-state index >= 15 is 0 Å². The molecule has 0 N–H and O–H groups in total. The summed E-state index contributed by atoms with van der Waals surface area (Å²) in [4.78, 5) is 0. The van der Waals surface area contributed by atoms with Crippen molar-refractivity contribution in [2.24, 2.45) is 0 Å². The van der Waals surface area contributed by atoms with E-state index in [9.17, 15) is 0 Å². The Kier molecular flexibility index (Phi) is 6.92. The van der Waals surface area contributed by atoms with Crippen LogP contribution in [-0.4, -0.2) is 20.4 Å². The van der Waals surface area contributed by atoms with E-state index in [1.54, 1.807) is 0 Å². The number of hydrogen-bond acceptors (Lipinski definition) is 0. The monoisotopic (exact) mass is 907 g/mol. The van der Waals surface area contributed by atoms with Crippen molar-refractivity contribution in [1.29, 1.82) is 0 Å². The summed E-state index contributed by atoms with van der Waals surface area (Å²) in [7, 11) is 0. The van der Waals surface area contributed by atoms with Crippen LogP contribution in [0.1, 0.15) is 0 Å². The van der Waals surface area contributed by atoms with Gasteiger partial charge in [-0.25, -0.2) is 0 Å². The number of aromatic nitrogens is 3. The molecule has 72 heavy (non-hydrogen) atoms. The molecule has 328 valence electrons. The summed E-state index contributed by atoms with van der Waals surface area (Å²) in [6, 6.07) is 87.3. The van der Waals surface area contributed by atoms with Crippen LogP contribution in [0.2, 0.25) is 0 Å². The van der Waals surface area contributed by atoms with Gasteiger partial charge in [0.25, 0.3) is 6.71 Å². The van der Waals surface area contributed by atoms with Crippen LogP contribution in [0.3, 0.4) is 0 Å². The van der Waals surface area contributed by atoms with Crippen LogP contribution >= 0.6 is 0 Å². The molecule has 0 atom stereocenters. The highest BCUT2D eigenvalue weighted by Gasteiger charge is 2.42. The minimum atomic E-state index is -0.00483. The van der Waals surface area contributed by atoms with Crippen molar-refractivity contribution < 1.29 is 0 Å². The molecule has 0 fully saturated rings. The highest BCUT2D eigenvalue weighted by molar-refractivity contribution is 7.00. The SMILES string of the molecule is c1ccc(-c2ccc3c(c2)c2cc(-c4ccccc4)ccc2n3-c2cc3c4c(c2)-n2c5cccc6c5c5c7c(cccc7cc(c52)B4c2cccc4c5c7ccccc7ccc5n-3c24)-c2ccccc2-6)cc1. The first kappa shape index (κ1) is 37.5. The predicted octanol–water partition coefficient (Wildman–Crippen LogP) is 15.4. The number of nitrogens with zero attached hydrogens (tertiary/aromatic N) is 3. The molecular formula is C68H38BN3. The lowest BCUT2D eigenvalue weighted by atomic mass is 9.34. The minimum Gasteiger partial charge on any atom is -0.310 e. The van der Waals surface area contributed by atoms with Gasteiger partial charge in [0.15, 0.2) is 0 Å². The van der Waals surface area contributed by atoms with E-state index in [1.165, 1.54) is 159 Å². The average Bonchev–Trinajstić information content (AvgIpc) is 4.07. The molecule has 15 aromatic rings. The number of rotatable bonds is 3. The van der Waals surface area contributed by atoms with E-state index in [0.717, 1.165) is 5.69 Å². The van der Waals surface area contributed by atoms with Gasteiger partial charge in [-0.15, -0.1) is 0 Å². The summed E-state index contributed by atoms with van der Waals surface area (Å²) in [5, 5.41) is 13.0. The first-order chi connectivity index (χ1) is 35.7. The lowest BCUT2D eigenvalue weighted by molar-refractivity contribution is 1.10. The maximum absolute atomic E-state index is 2.67. The highest BCUT2D eigenvalue weighted by atomic mass is 15.1. The second-order valence-electron chi connectivity index (χ2n) is 20.3. The molecule has 3 nitrogen and oxygen atoms in total. The van der Waals surface area contributed by atoms with E-state index in [1.807, 2.05) is 0 Å². The molecule has 0 radical (unpaired) electrons. The van der Waals surface area contributed by atoms with Crippen molar-refractivity contribution in [3.05, 3.63) is 231 Å². The molecule has 0 saturated carbocycles. The predicted molar refractivity (Wildman–Crippen MR) is 304 cm³/mol. The molecule has 18 rings (SSSR count). The summed E-state index contributed by atoms with van der Waals surface area (Å²) in [5.74, 6) is 0. The third kappa shape index (κ3) is 4.55. The molecule has 3 aromatic heterocycles. The van der Waals surface area contributed by atoms with Gasteiger partial charge < -0.3 is 13.7 Å². The molecule has 3 aliphatic rings. The Hall–Kier alpha value is -9.38. The van der Waals surface area contributed by atoms with Crippen molar-refractivity contribution in [1.82, 2.24) is 13.7 Å². The molecule has 0 bridgehead atoms. The van der Waals surface area contributed by atoms with Crippen LogP contribution in [0.15, 0.2) is 231 Å². The summed E-state index contributed by atoms with van der Waals surface area (Å²) < 4.78 is 7.87. The first-order valence-corrected chi connectivity index (χ1v) is 25.2. The molecule has 12 aromatic carbocycles. The molecule has 5 heterocycles. The van der Waals surface area contributed by atoms with Crippen molar-refractivity contribution in [2.75, 3.05) is 0 Å². The smallest absolute Gasteiger partial charge is 0.252 e. The van der Waals surface area contributed by atoms with Crippen molar-refractivity contribution in [2.45, 2.75) is 0 Å². The van der Waals surface area contributed by atoms with Gasteiger partial charge in [0.05, 0.1) is 33.3 Å². The standard InChI is InChI=1S/C68H38BN3/c1-3-14-39(15-4-1)42-29-31-56-52(34-42)53-35-43(40-16-5-2-6-17-40)30-32-57(53)70(56)45-37-60-66-61(38-45)72-58-27-13-24-50-48-22-10-9-21-47(48)49-23-11-19-44-36-55(68(72)65(62(44)49)64(50)58)69(66)54-26-12-25-51-63-46-20-8-7-18-41(46)28-33-59(63)71(60)67(51)54/h1-38H. The molecule has 0 spiro atoms. The van der Waals surface area contributed by atoms with Gasteiger partial charge in [0, 0.05) is 49.2 Å². The van der Waals surface area contributed by atoms with Crippen molar-refractivity contribution >= 4 is 110 Å². The zero-order valence-electron chi connectivity index (χ0n) is 38.9. The fourth-order valence-corrected chi connectivity index (χ4v) is 14.1. The van der Waals surface area contributed by atoms with Crippen LogP contribution in [0.25, 0.3) is 149 Å². The van der Waals surface area contributed by atoms with Gasteiger partial charge in [0.1, 0.15) is 0 Å². The zero-order valence-corrected chi connectivity index (χ0v) is 38.9. The molecule has 4 heteroatoms. The van der Waals surface area contributed by atoms with Gasteiger partial charge >= 0.3 is 0 Å². The van der Waals surface area contributed by atoms with E-state index in [4.69, 9.17) is 0 Å². The lowest BCUT2D eigenvalue weighted by Gasteiger charge is -2.34. The molecule has 2 aliphatic heterocycles. The maximum atomic E-state index is 2.67. The Morgan fingerprint density at radius 3 is 1.56 bits per heavy atom. The Bertz CT molecular complexity index is 4880. The minimum absolute atomic E-state index is 0.00483. The number of para-hydroxylation sites is 1. The van der Waals surface area contributed by atoms with E-state index in [0.29, 0.717) is 0 Å². The first-order valence-electron chi connectivity index (χ1n) is 25.2. The molecule has 0 saturated heterocycles.